The lowest BCUT2D eigenvalue weighted by Gasteiger charge is -2.36. The first-order chi connectivity index (χ1) is 22.5. The Morgan fingerprint density at radius 3 is 2.34 bits per heavy atom. The van der Waals surface area contributed by atoms with Crippen LogP contribution >= 0.6 is 0 Å². The third-order valence-electron chi connectivity index (χ3n) is 8.68. The zero-order chi connectivity index (χ0) is 34.1. The van der Waals surface area contributed by atoms with Crippen LogP contribution in [-0.2, 0) is 27.3 Å². The summed E-state index contributed by atoms with van der Waals surface area (Å²) in [5.41, 5.74) is 1.58. The molecule has 0 aliphatic carbocycles. The number of carbonyl (C=O) groups is 1. The van der Waals surface area contributed by atoms with E-state index in [0.717, 1.165) is 69.2 Å². The average molecular weight is 663 g/mol. The summed E-state index contributed by atoms with van der Waals surface area (Å²) in [6.07, 6.45) is 4.48. The van der Waals surface area contributed by atoms with Crippen molar-refractivity contribution in [3.8, 4) is 0 Å². The van der Waals surface area contributed by atoms with Gasteiger partial charge in [0.2, 0.25) is 0 Å². The monoisotopic (exact) mass is 662 g/mol. The van der Waals surface area contributed by atoms with E-state index in [0.29, 0.717) is 25.6 Å². The molecular formula is C37H60F2N4O4+2. The predicted octanol–water partition coefficient (Wildman–Crippen LogP) is 3.75. The molecule has 2 aromatic rings. The fourth-order valence-corrected chi connectivity index (χ4v) is 6.54. The molecule has 2 aromatic carbocycles. The number of halogens is 2. The molecule has 2 heterocycles. The number of carbonyl (C=O) groups excluding carboxylic acids is 1. The average Bonchev–Trinajstić information content (AvgIpc) is 3.01. The minimum absolute atomic E-state index is 0.122. The van der Waals surface area contributed by atoms with E-state index in [-0.39, 0.29) is 17.7 Å². The lowest BCUT2D eigenvalue weighted by atomic mass is 9.97. The molecule has 47 heavy (non-hydrogen) atoms. The number of amides is 1. The van der Waals surface area contributed by atoms with E-state index in [2.05, 4.69) is 10.2 Å². The summed E-state index contributed by atoms with van der Waals surface area (Å²) in [7, 11) is 3.38. The summed E-state index contributed by atoms with van der Waals surface area (Å²) in [5, 5.41) is 2.36. The van der Waals surface area contributed by atoms with Crippen LogP contribution in [0, 0.1) is 23.5 Å². The third-order valence-corrected chi connectivity index (χ3v) is 8.68. The molecule has 4 rings (SSSR count). The number of piperidine rings is 2. The van der Waals surface area contributed by atoms with Crippen LogP contribution in [0.3, 0.4) is 0 Å². The van der Waals surface area contributed by atoms with Crippen LogP contribution in [0.2, 0.25) is 0 Å². The standard InChI is InChI=1S/C21H33FN2O3.C16H25FN2O/c1-21(2,3)27-20(25)24(11-12-26-4)16-18-8-6-10-23(15-18)14-17-7-5-9-19(22)13-17;1-20-9-7-18-11-15-5-3-8-19(13-15)12-14-4-2-6-16(17)10-14/h5,7,9,13,18H,6,8,10-12,14-16H2,1-4H3;2,4,6,10,15,18H,3,5,7-9,11-13H2,1H3/p+2. The topological polar surface area (TPSA) is 72.3 Å². The number of nitrogens with two attached hydrogens (primary N) is 1. The maximum absolute atomic E-state index is 13.4. The highest BCUT2D eigenvalue weighted by atomic mass is 19.1. The Hall–Kier alpha value is -2.63. The Morgan fingerprint density at radius 1 is 0.979 bits per heavy atom. The summed E-state index contributed by atoms with van der Waals surface area (Å²) in [6, 6.07) is 13.8. The number of quaternary nitrogens is 2. The molecule has 2 fully saturated rings. The molecule has 8 nitrogen and oxygen atoms in total. The van der Waals surface area contributed by atoms with Crippen molar-refractivity contribution in [3.63, 3.8) is 0 Å². The maximum atomic E-state index is 13.4. The smallest absolute Gasteiger partial charge is 0.410 e. The highest BCUT2D eigenvalue weighted by Gasteiger charge is 2.28. The normalized spacial score (nSPS) is 20.3. The van der Waals surface area contributed by atoms with Gasteiger partial charge in [0.25, 0.3) is 0 Å². The van der Waals surface area contributed by atoms with Gasteiger partial charge in [0.1, 0.15) is 23.8 Å². The van der Waals surface area contributed by atoms with Gasteiger partial charge < -0.3 is 29.3 Å². The predicted molar refractivity (Wildman–Crippen MR) is 181 cm³/mol. The minimum atomic E-state index is -0.515. The summed E-state index contributed by atoms with van der Waals surface area (Å²) in [6.45, 7) is 16.3. The molecule has 3 atom stereocenters. The van der Waals surface area contributed by atoms with Gasteiger partial charge in [-0.3, -0.25) is 4.90 Å². The zero-order valence-electron chi connectivity index (χ0n) is 29.4. The van der Waals surface area contributed by atoms with Gasteiger partial charge in [-0.15, -0.1) is 0 Å². The molecule has 3 N–H and O–H groups in total. The quantitative estimate of drug-likeness (QED) is 0.302. The van der Waals surface area contributed by atoms with Crippen molar-refractivity contribution in [2.75, 3.05) is 79.8 Å². The summed E-state index contributed by atoms with van der Waals surface area (Å²) in [4.78, 5) is 18.2. The first-order valence-corrected chi connectivity index (χ1v) is 17.4. The van der Waals surface area contributed by atoms with Gasteiger partial charge >= 0.3 is 6.09 Å². The Balaban J connectivity index is 0.000000267. The van der Waals surface area contributed by atoms with Gasteiger partial charge in [-0.25, -0.2) is 13.6 Å². The molecule has 10 heteroatoms. The van der Waals surface area contributed by atoms with E-state index in [1.807, 2.05) is 39.0 Å². The Morgan fingerprint density at radius 2 is 1.66 bits per heavy atom. The molecule has 2 saturated heterocycles. The van der Waals surface area contributed by atoms with Crippen LogP contribution in [0.25, 0.3) is 0 Å². The Bertz CT molecular complexity index is 1180. The fraction of sp³-hybridized carbons (Fsp3) is 0.649. The minimum Gasteiger partial charge on any atom is -0.444 e. The number of hydrogen-bond donors (Lipinski definition) is 2. The lowest BCUT2D eigenvalue weighted by molar-refractivity contribution is -0.924. The summed E-state index contributed by atoms with van der Waals surface area (Å²) < 4.78 is 42.4. The highest BCUT2D eigenvalue weighted by molar-refractivity contribution is 5.68. The van der Waals surface area contributed by atoms with Crippen LogP contribution < -0.4 is 10.2 Å². The van der Waals surface area contributed by atoms with E-state index in [1.165, 1.54) is 44.6 Å². The first-order valence-electron chi connectivity index (χ1n) is 17.4. The largest absolute Gasteiger partial charge is 0.444 e. The number of hydrogen-bond acceptors (Lipinski definition) is 5. The maximum Gasteiger partial charge on any atom is 0.410 e. The van der Waals surface area contributed by atoms with Crippen molar-refractivity contribution in [1.29, 1.82) is 0 Å². The van der Waals surface area contributed by atoms with Crippen molar-refractivity contribution in [2.24, 2.45) is 11.8 Å². The van der Waals surface area contributed by atoms with Gasteiger partial charge in [-0.1, -0.05) is 24.3 Å². The second-order valence-electron chi connectivity index (χ2n) is 14.1. The van der Waals surface area contributed by atoms with E-state index >= 15 is 0 Å². The van der Waals surface area contributed by atoms with Crippen molar-refractivity contribution < 1.29 is 38.0 Å². The SMILES string of the molecule is COCCN(CC1CCCN(Cc2cccc(F)c2)C1)C(=O)OC(C)(C)C.COCC[NH2+]CC1CCC[NH+](Cc2cccc(F)c2)C1. The number of nitrogens with zero attached hydrogens (tertiary/aromatic N) is 2. The Labute approximate surface area is 281 Å². The second-order valence-corrected chi connectivity index (χ2v) is 14.1. The lowest BCUT2D eigenvalue weighted by Crippen LogP contribution is -3.13. The molecule has 2 aliphatic rings. The number of rotatable bonds is 14. The molecule has 2 aliphatic heterocycles. The van der Waals surface area contributed by atoms with E-state index in [4.69, 9.17) is 14.2 Å². The summed E-state index contributed by atoms with van der Waals surface area (Å²) in [5.74, 6) is 0.834. The first kappa shape index (κ1) is 38.8. The molecule has 0 bridgehead atoms. The van der Waals surface area contributed by atoms with Gasteiger partial charge in [0, 0.05) is 46.0 Å². The molecule has 0 radical (unpaired) electrons. The van der Waals surface area contributed by atoms with Crippen molar-refractivity contribution in [2.45, 2.75) is 65.1 Å². The fourth-order valence-electron chi connectivity index (χ4n) is 6.54. The third kappa shape index (κ3) is 15.9. The Kier molecular flexibility index (Phi) is 17.1. The van der Waals surface area contributed by atoms with Crippen molar-refractivity contribution in [1.82, 2.24) is 9.80 Å². The van der Waals surface area contributed by atoms with Crippen LogP contribution in [0.5, 0.6) is 0 Å². The summed E-state index contributed by atoms with van der Waals surface area (Å²) >= 11 is 0. The van der Waals surface area contributed by atoms with Gasteiger partial charge in [-0.2, -0.15) is 0 Å². The van der Waals surface area contributed by atoms with Crippen LogP contribution in [0.1, 0.15) is 57.6 Å². The molecule has 0 aromatic heterocycles. The van der Waals surface area contributed by atoms with E-state index < -0.39 is 5.60 Å². The molecule has 1 amide bonds. The molecule has 0 saturated carbocycles. The van der Waals surface area contributed by atoms with Crippen molar-refractivity contribution >= 4 is 6.09 Å². The van der Waals surface area contributed by atoms with E-state index in [9.17, 15) is 13.6 Å². The van der Waals surface area contributed by atoms with Crippen LogP contribution in [0.4, 0.5) is 13.6 Å². The number of methoxy groups -OCH3 is 2. The number of ether oxygens (including phenoxy) is 3. The second kappa shape index (κ2) is 20.7. The van der Waals surface area contributed by atoms with Gasteiger partial charge in [0.15, 0.2) is 0 Å². The number of benzene rings is 2. The molecule has 0 spiro atoms. The van der Waals surface area contributed by atoms with E-state index in [1.54, 1.807) is 42.2 Å². The molecule has 264 valence electrons. The number of likely N-dealkylation sites (tertiary alicyclic amines) is 2. The van der Waals surface area contributed by atoms with Crippen LogP contribution in [0.15, 0.2) is 48.5 Å². The number of nitrogens with one attached hydrogen (secondary N) is 1. The zero-order valence-corrected chi connectivity index (χ0v) is 29.4. The highest BCUT2D eigenvalue weighted by Crippen LogP contribution is 2.21. The molecular weight excluding hydrogens is 602 g/mol. The van der Waals surface area contributed by atoms with Crippen LogP contribution in [-0.4, -0.2) is 101 Å². The van der Waals surface area contributed by atoms with Gasteiger partial charge in [0.05, 0.1) is 45.3 Å². The van der Waals surface area contributed by atoms with Crippen molar-refractivity contribution in [3.05, 3.63) is 71.3 Å². The van der Waals surface area contributed by atoms with Gasteiger partial charge in [-0.05, 0) is 88.7 Å². The molecule has 3 unspecified atom stereocenters.